The number of fused-ring (bicyclic) bond motifs is 1. The quantitative estimate of drug-likeness (QED) is 0.896. The summed E-state index contributed by atoms with van der Waals surface area (Å²) in [7, 11) is 0. The number of nitrogens with one attached hydrogen (secondary N) is 1. The maximum Gasteiger partial charge on any atom is 0.345 e. The van der Waals surface area contributed by atoms with Crippen molar-refractivity contribution >= 4 is 5.91 Å². The number of aryl methyl sites for hydroxylation is 2. The van der Waals surface area contributed by atoms with Gasteiger partial charge in [0, 0.05) is 31.5 Å². The van der Waals surface area contributed by atoms with Crippen LogP contribution < -0.4 is 11.0 Å². The van der Waals surface area contributed by atoms with E-state index >= 15 is 0 Å². The Morgan fingerprint density at radius 1 is 1.25 bits per heavy atom. The van der Waals surface area contributed by atoms with Gasteiger partial charge in [-0.05, 0) is 38.0 Å². The lowest BCUT2D eigenvalue weighted by atomic mass is 10.0. The highest BCUT2D eigenvalue weighted by molar-refractivity contribution is 5.79. The molecule has 1 aliphatic carbocycles. The van der Waals surface area contributed by atoms with E-state index in [0.29, 0.717) is 19.0 Å². The highest BCUT2D eigenvalue weighted by Crippen LogP contribution is 2.25. The maximum atomic E-state index is 12.5. The molecule has 3 rings (SSSR count). The molecule has 24 heavy (non-hydrogen) atoms. The molecule has 1 fully saturated rings. The van der Waals surface area contributed by atoms with E-state index < -0.39 is 0 Å². The predicted octanol–water partition coefficient (Wildman–Crippen LogP) is 2.10. The van der Waals surface area contributed by atoms with Gasteiger partial charge in [0.05, 0.1) is 0 Å². The van der Waals surface area contributed by atoms with Crippen LogP contribution in [0.3, 0.4) is 0 Å². The zero-order valence-electron chi connectivity index (χ0n) is 15.0. The Hall–Kier alpha value is -1.59. The summed E-state index contributed by atoms with van der Waals surface area (Å²) < 4.78 is 3.43. The first-order valence-corrected chi connectivity index (χ1v) is 9.51. The molecule has 2 aliphatic rings. The second-order valence-electron chi connectivity index (χ2n) is 7.77. The molecule has 1 atom stereocenters. The topological polar surface area (TPSA) is 68.9 Å². The molecule has 1 aromatic heterocycles. The fourth-order valence-electron chi connectivity index (χ4n) is 3.81. The van der Waals surface area contributed by atoms with Gasteiger partial charge in [0.15, 0.2) is 0 Å². The van der Waals surface area contributed by atoms with Crippen LogP contribution >= 0.6 is 0 Å². The maximum absolute atomic E-state index is 12.5. The van der Waals surface area contributed by atoms with Crippen molar-refractivity contribution in [1.29, 1.82) is 0 Å². The number of nitrogens with zero attached hydrogens (tertiary/aromatic N) is 3. The molecule has 6 heteroatoms. The average molecular weight is 334 g/mol. The van der Waals surface area contributed by atoms with Crippen molar-refractivity contribution in [2.45, 2.75) is 84.3 Å². The Labute approximate surface area is 143 Å². The summed E-state index contributed by atoms with van der Waals surface area (Å²) in [5.41, 5.74) is 0.00780. The first-order valence-electron chi connectivity index (χ1n) is 9.51. The molecule has 0 bridgehead atoms. The molecule has 1 unspecified atom stereocenters. The van der Waals surface area contributed by atoms with Crippen molar-refractivity contribution in [2.75, 3.05) is 0 Å². The minimum absolute atomic E-state index is 0.00780. The normalized spacial score (nSPS) is 21.7. The van der Waals surface area contributed by atoms with E-state index in [9.17, 15) is 9.59 Å². The molecular formula is C18H30N4O2. The Morgan fingerprint density at radius 3 is 2.71 bits per heavy atom. The molecule has 1 aromatic rings. The molecule has 6 nitrogen and oxygen atoms in total. The standard InChI is InChI=1S/C18H30N4O2/c1-13(2)9-12-22-18(24)21-11-10-15(7-8-16(21)20-22)19-17(23)14-5-3-4-6-14/h13-15H,3-12H2,1-2H3,(H,19,23). The van der Waals surface area contributed by atoms with Gasteiger partial charge in [-0.1, -0.05) is 26.7 Å². The summed E-state index contributed by atoms with van der Waals surface area (Å²) in [5.74, 6) is 1.86. The third-order valence-corrected chi connectivity index (χ3v) is 5.41. The van der Waals surface area contributed by atoms with Crippen LogP contribution in [0, 0.1) is 11.8 Å². The first kappa shape index (κ1) is 17.2. The van der Waals surface area contributed by atoms with Gasteiger partial charge >= 0.3 is 5.69 Å². The lowest BCUT2D eigenvalue weighted by Crippen LogP contribution is -2.39. The van der Waals surface area contributed by atoms with Crippen LogP contribution in [0.25, 0.3) is 0 Å². The molecule has 1 saturated carbocycles. The van der Waals surface area contributed by atoms with E-state index in [4.69, 9.17) is 0 Å². The Bertz CT molecular complexity index is 625. The zero-order valence-corrected chi connectivity index (χ0v) is 15.0. The molecule has 1 amide bonds. The minimum Gasteiger partial charge on any atom is -0.353 e. The minimum atomic E-state index is 0.00780. The fourth-order valence-corrected chi connectivity index (χ4v) is 3.81. The fraction of sp³-hybridized carbons (Fsp3) is 0.833. The lowest BCUT2D eigenvalue weighted by molar-refractivity contribution is -0.125. The molecule has 134 valence electrons. The van der Waals surface area contributed by atoms with E-state index in [1.54, 1.807) is 4.68 Å². The molecule has 1 aliphatic heterocycles. The van der Waals surface area contributed by atoms with E-state index in [1.165, 1.54) is 12.8 Å². The number of rotatable bonds is 5. The highest BCUT2D eigenvalue weighted by atomic mass is 16.2. The van der Waals surface area contributed by atoms with Crippen molar-refractivity contribution in [3.05, 3.63) is 16.3 Å². The van der Waals surface area contributed by atoms with Crippen LogP contribution in [0.4, 0.5) is 0 Å². The zero-order chi connectivity index (χ0) is 17.1. The number of hydrogen-bond donors (Lipinski definition) is 1. The molecule has 0 aromatic carbocycles. The van der Waals surface area contributed by atoms with E-state index in [2.05, 4.69) is 24.3 Å². The van der Waals surface area contributed by atoms with E-state index in [-0.39, 0.29) is 23.6 Å². The van der Waals surface area contributed by atoms with Gasteiger partial charge in [0.1, 0.15) is 5.82 Å². The van der Waals surface area contributed by atoms with E-state index in [1.807, 2.05) is 4.57 Å². The Kier molecular flexibility index (Phi) is 5.41. The molecule has 2 heterocycles. The van der Waals surface area contributed by atoms with Gasteiger partial charge in [0.25, 0.3) is 0 Å². The van der Waals surface area contributed by atoms with Crippen LogP contribution in [0.15, 0.2) is 4.79 Å². The van der Waals surface area contributed by atoms with Gasteiger partial charge < -0.3 is 5.32 Å². The lowest BCUT2D eigenvalue weighted by Gasteiger charge is -2.18. The monoisotopic (exact) mass is 334 g/mol. The number of hydrogen-bond acceptors (Lipinski definition) is 3. The van der Waals surface area contributed by atoms with Crippen LogP contribution in [-0.4, -0.2) is 26.3 Å². The number of carbonyl (C=O) groups excluding carboxylic acids is 1. The van der Waals surface area contributed by atoms with Crippen molar-refractivity contribution in [1.82, 2.24) is 19.7 Å². The summed E-state index contributed by atoms with van der Waals surface area (Å²) >= 11 is 0. The number of aromatic nitrogens is 3. The molecule has 0 radical (unpaired) electrons. The van der Waals surface area contributed by atoms with Crippen molar-refractivity contribution in [3.63, 3.8) is 0 Å². The van der Waals surface area contributed by atoms with Crippen LogP contribution in [0.1, 0.15) is 64.6 Å². The average Bonchev–Trinajstić information content (AvgIpc) is 3.12. The molecule has 0 spiro atoms. The smallest absolute Gasteiger partial charge is 0.345 e. The number of carbonyl (C=O) groups is 1. The number of amides is 1. The highest BCUT2D eigenvalue weighted by Gasteiger charge is 2.26. The van der Waals surface area contributed by atoms with Gasteiger partial charge in [-0.2, -0.15) is 5.10 Å². The van der Waals surface area contributed by atoms with Crippen LogP contribution in [0.2, 0.25) is 0 Å². The van der Waals surface area contributed by atoms with Crippen molar-refractivity contribution < 1.29 is 4.79 Å². The summed E-state index contributed by atoms with van der Waals surface area (Å²) in [5, 5.41) is 7.74. The predicted molar refractivity (Wildman–Crippen MR) is 92.8 cm³/mol. The molecule has 0 saturated heterocycles. The van der Waals surface area contributed by atoms with Crippen LogP contribution in [-0.2, 0) is 24.3 Å². The third-order valence-electron chi connectivity index (χ3n) is 5.41. The second kappa shape index (κ2) is 7.53. The van der Waals surface area contributed by atoms with Crippen LogP contribution in [0.5, 0.6) is 0 Å². The Balaban J connectivity index is 1.59. The largest absolute Gasteiger partial charge is 0.353 e. The van der Waals surface area contributed by atoms with Crippen molar-refractivity contribution in [3.8, 4) is 0 Å². The van der Waals surface area contributed by atoms with Gasteiger partial charge in [0.2, 0.25) is 5.91 Å². The summed E-state index contributed by atoms with van der Waals surface area (Å²) in [4.78, 5) is 24.8. The molecule has 1 N–H and O–H groups in total. The van der Waals surface area contributed by atoms with Crippen molar-refractivity contribution in [2.24, 2.45) is 11.8 Å². The second-order valence-corrected chi connectivity index (χ2v) is 7.77. The summed E-state index contributed by atoms with van der Waals surface area (Å²) in [6.07, 6.45) is 7.83. The van der Waals surface area contributed by atoms with E-state index in [0.717, 1.165) is 44.3 Å². The first-order chi connectivity index (χ1) is 11.5. The van der Waals surface area contributed by atoms with Gasteiger partial charge in [-0.15, -0.1) is 0 Å². The molecular weight excluding hydrogens is 304 g/mol. The Morgan fingerprint density at radius 2 is 2.00 bits per heavy atom. The van der Waals surface area contributed by atoms with Gasteiger partial charge in [-0.3, -0.25) is 9.36 Å². The summed E-state index contributed by atoms with van der Waals surface area (Å²) in [6.45, 7) is 5.66. The SMILES string of the molecule is CC(C)CCn1nc2n(c1=O)CCC(NC(=O)C1CCCC1)CC2. The third kappa shape index (κ3) is 3.90. The summed E-state index contributed by atoms with van der Waals surface area (Å²) in [6, 6.07) is 0.170. The van der Waals surface area contributed by atoms with Gasteiger partial charge in [-0.25, -0.2) is 9.48 Å².